The first-order valence-electron chi connectivity index (χ1n) is 4.83. The molecule has 0 radical (unpaired) electrons. The van der Waals surface area contributed by atoms with Crippen molar-refractivity contribution in [3.8, 4) is 11.5 Å². The van der Waals surface area contributed by atoms with Crippen LogP contribution in [0.3, 0.4) is 0 Å². The number of para-hydroxylation sites is 2. The number of rotatable bonds is 5. The monoisotopic (exact) mass is 211 g/mol. The van der Waals surface area contributed by atoms with Gasteiger partial charge in [0.15, 0.2) is 11.5 Å². The van der Waals surface area contributed by atoms with Crippen LogP contribution in [0.25, 0.3) is 0 Å². The van der Waals surface area contributed by atoms with E-state index < -0.39 is 6.10 Å². The third-order valence-corrected chi connectivity index (χ3v) is 1.87. The Morgan fingerprint density at radius 1 is 1.33 bits per heavy atom. The number of likely N-dealkylation sites (N-methyl/N-ethyl adjacent to an activating group) is 1. The van der Waals surface area contributed by atoms with E-state index in [-0.39, 0.29) is 12.4 Å². The molecule has 0 fully saturated rings. The Kier molecular flexibility index (Phi) is 4.39. The van der Waals surface area contributed by atoms with E-state index in [1.807, 2.05) is 19.0 Å². The van der Waals surface area contributed by atoms with E-state index in [0.29, 0.717) is 12.3 Å². The number of benzene rings is 1. The number of aliphatic hydroxyl groups is 1. The van der Waals surface area contributed by atoms with Crippen LogP contribution < -0.4 is 4.74 Å². The van der Waals surface area contributed by atoms with Crippen molar-refractivity contribution in [3.05, 3.63) is 24.3 Å². The van der Waals surface area contributed by atoms with Crippen molar-refractivity contribution < 1.29 is 14.9 Å². The topological polar surface area (TPSA) is 52.9 Å². The summed E-state index contributed by atoms with van der Waals surface area (Å²) in [6, 6.07) is 6.71. The summed E-state index contributed by atoms with van der Waals surface area (Å²) >= 11 is 0. The molecule has 0 saturated heterocycles. The van der Waals surface area contributed by atoms with Crippen LogP contribution in [-0.2, 0) is 0 Å². The van der Waals surface area contributed by atoms with Crippen molar-refractivity contribution in [3.63, 3.8) is 0 Å². The zero-order valence-corrected chi connectivity index (χ0v) is 9.05. The van der Waals surface area contributed by atoms with Gasteiger partial charge in [0.2, 0.25) is 0 Å². The van der Waals surface area contributed by atoms with E-state index in [2.05, 4.69) is 0 Å². The summed E-state index contributed by atoms with van der Waals surface area (Å²) in [7, 11) is 3.76. The van der Waals surface area contributed by atoms with E-state index in [0.717, 1.165) is 0 Å². The van der Waals surface area contributed by atoms with Crippen LogP contribution >= 0.6 is 0 Å². The molecule has 15 heavy (non-hydrogen) atoms. The van der Waals surface area contributed by atoms with Crippen molar-refractivity contribution >= 4 is 0 Å². The van der Waals surface area contributed by atoms with Gasteiger partial charge in [0.1, 0.15) is 12.7 Å². The Hall–Kier alpha value is -1.26. The Morgan fingerprint density at radius 3 is 2.60 bits per heavy atom. The molecule has 0 spiro atoms. The molecule has 1 unspecified atom stereocenters. The minimum absolute atomic E-state index is 0.0922. The highest BCUT2D eigenvalue weighted by Crippen LogP contribution is 2.24. The number of nitrogens with zero attached hydrogens (tertiary/aromatic N) is 1. The molecule has 2 N–H and O–H groups in total. The zero-order chi connectivity index (χ0) is 11.3. The van der Waals surface area contributed by atoms with E-state index in [9.17, 15) is 10.2 Å². The van der Waals surface area contributed by atoms with E-state index in [4.69, 9.17) is 4.74 Å². The van der Waals surface area contributed by atoms with Gasteiger partial charge in [0.25, 0.3) is 0 Å². The fourth-order valence-corrected chi connectivity index (χ4v) is 1.24. The van der Waals surface area contributed by atoms with Crippen molar-refractivity contribution in [2.75, 3.05) is 27.2 Å². The number of phenols is 1. The van der Waals surface area contributed by atoms with Gasteiger partial charge >= 0.3 is 0 Å². The first kappa shape index (κ1) is 11.8. The molecule has 0 heterocycles. The molecular formula is C11H17NO3. The lowest BCUT2D eigenvalue weighted by molar-refractivity contribution is 0.0819. The van der Waals surface area contributed by atoms with Crippen LogP contribution in [0.1, 0.15) is 0 Å². The number of phenolic OH excluding ortho intramolecular Hbond substituents is 1. The molecule has 1 atom stereocenters. The highest BCUT2D eigenvalue weighted by Gasteiger charge is 2.07. The average Bonchev–Trinajstić information content (AvgIpc) is 2.15. The first-order valence-corrected chi connectivity index (χ1v) is 4.83. The van der Waals surface area contributed by atoms with Gasteiger partial charge in [-0.2, -0.15) is 0 Å². The summed E-state index contributed by atoms with van der Waals surface area (Å²) in [6.07, 6.45) is -0.556. The van der Waals surface area contributed by atoms with Gasteiger partial charge in [-0.05, 0) is 26.2 Å². The third kappa shape index (κ3) is 4.18. The third-order valence-electron chi connectivity index (χ3n) is 1.87. The van der Waals surface area contributed by atoms with Crippen LogP contribution in [0.15, 0.2) is 24.3 Å². The lowest BCUT2D eigenvalue weighted by atomic mass is 10.3. The van der Waals surface area contributed by atoms with Gasteiger partial charge in [0, 0.05) is 6.54 Å². The first-order chi connectivity index (χ1) is 7.09. The molecule has 84 valence electrons. The largest absolute Gasteiger partial charge is 0.504 e. The van der Waals surface area contributed by atoms with Crippen LogP contribution in [0.5, 0.6) is 11.5 Å². The maximum absolute atomic E-state index is 9.52. The van der Waals surface area contributed by atoms with Crippen LogP contribution in [0.4, 0.5) is 0 Å². The van der Waals surface area contributed by atoms with Crippen LogP contribution in [0.2, 0.25) is 0 Å². The van der Waals surface area contributed by atoms with Gasteiger partial charge in [-0.25, -0.2) is 0 Å². The van der Waals surface area contributed by atoms with Gasteiger partial charge in [0.05, 0.1) is 0 Å². The minimum atomic E-state index is -0.556. The lowest BCUT2D eigenvalue weighted by Gasteiger charge is -2.16. The fraction of sp³-hybridized carbons (Fsp3) is 0.455. The number of aromatic hydroxyl groups is 1. The minimum Gasteiger partial charge on any atom is -0.504 e. The predicted octanol–water partition coefficient (Wildman–Crippen LogP) is 0.693. The SMILES string of the molecule is CN(C)CC(O)COc1ccccc1O. The van der Waals surface area contributed by atoms with E-state index in [1.54, 1.807) is 24.3 Å². The van der Waals surface area contributed by atoms with Crippen molar-refractivity contribution in [2.24, 2.45) is 0 Å². The number of hydrogen-bond donors (Lipinski definition) is 2. The number of aliphatic hydroxyl groups excluding tert-OH is 1. The summed E-state index contributed by atoms with van der Waals surface area (Å²) in [4.78, 5) is 1.87. The molecule has 4 nitrogen and oxygen atoms in total. The second-order valence-electron chi connectivity index (χ2n) is 3.69. The maximum atomic E-state index is 9.52. The fourth-order valence-electron chi connectivity index (χ4n) is 1.24. The lowest BCUT2D eigenvalue weighted by Crippen LogP contribution is -2.30. The molecular weight excluding hydrogens is 194 g/mol. The summed E-state index contributed by atoms with van der Waals surface area (Å²) in [5.41, 5.74) is 0. The summed E-state index contributed by atoms with van der Waals surface area (Å²) in [6.45, 7) is 0.712. The summed E-state index contributed by atoms with van der Waals surface area (Å²) < 4.78 is 5.27. The van der Waals surface area contributed by atoms with Crippen LogP contribution in [-0.4, -0.2) is 48.5 Å². The summed E-state index contributed by atoms with van der Waals surface area (Å²) in [5, 5.41) is 18.9. The van der Waals surface area contributed by atoms with Crippen molar-refractivity contribution in [1.82, 2.24) is 4.90 Å². The predicted molar refractivity (Wildman–Crippen MR) is 58.2 cm³/mol. The maximum Gasteiger partial charge on any atom is 0.161 e. The second-order valence-corrected chi connectivity index (χ2v) is 3.69. The average molecular weight is 211 g/mol. The quantitative estimate of drug-likeness (QED) is 0.752. The molecule has 0 bridgehead atoms. The van der Waals surface area contributed by atoms with Crippen molar-refractivity contribution in [1.29, 1.82) is 0 Å². The Morgan fingerprint density at radius 2 is 2.00 bits per heavy atom. The smallest absolute Gasteiger partial charge is 0.161 e. The van der Waals surface area contributed by atoms with Gasteiger partial charge in [-0.15, -0.1) is 0 Å². The second kappa shape index (κ2) is 5.58. The normalized spacial score (nSPS) is 12.8. The Balaban J connectivity index is 2.40. The summed E-state index contributed by atoms with van der Waals surface area (Å²) in [5.74, 6) is 0.491. The molecule has 0 aliphatic heterocycles. The van der Waals surface area contributed by atoms with Gasteiger partial charge < -0.3 is 19.8 Å². The molecule has 0 amide bonds. The van der Waals surface area contributed by atoms with Gasteiger partial charge in [-0.1, -0.05) is 12.1 Å². The molecule has 0 saturated carbocycles. The standard InChI is InChI=1S/C11H17NO3/c1-12(2)7-9(13)8-15-11-6-4-3-5-10(11)14/h3-6,9,13-14H,7-8H2,1-2H3. The van der Waals surface area contributed by atoms with E-state index >= 15 is 0 Å². The molecule has 1 aromatic rings. The Labute approximate surface area is 89.7 Å². The Bertz CT molecular complexity index is 302. The highest BCUT2D eigenvalue weighted by molar-refractivity contribution is 5.37. The van der Waals surface area contributed by atoms with Gasteiger partial charge in [-0.3, -0.25) is 0 Å². The molecule has 0 aliphatic rings. The zero-order valence-electron chi connectivity index (χ0n) is 9.05. The van der Waals surface area contributed by atoms with E-state index in [1.165, 1.54) is 0 Å². The van der Waals surface area contributed by atoms with Crippen molar-refractivity contribution in [2.45, 2.75) is 6.10 Å². The highest BCUT2D eigenvalue weighted by atomic mass is 16.5. The molecule has 0 aliphatic carbocycles. The molecule has 1 rings (SSSR count). The number of ether oxygens (including phenoxy) is 1. The molecule has 1 aromatic carbocycles. The molecule has 4 heteroatoms. The van der Waals surface area contributed by atoms with Crippen LogP contribution in [0, 0.1) is 0 Å². The molecule has 0 aromatic heterocycles. The number of hydrogen-bond acceptors (Lipinski definition) is 4.